The van der Waals surface area contributed by atoms with Crippen LogP contribution in [0.25, 0.3) is 0 Å². The number of carbonyl (C=O) groups excluding carboxylic acids is 1. The van der Waals surface area contributed by atoms with Gasteiger partial charge in [0.25, 0.3) is 0 Å². The highest BCUT2D eigenvalue weighted by molar-refractivity contribution is 7.13. The van der Waals surface area contributed by atoms with Crippen LogP contribution in [0.3, 0.4) is 0 Å². The predicted molar refractivity (Wildman–Crippen MR) is 86.2 cm³/mol. The van der Waals surface area contributed by atoms with Crippen LogP contribution in [-0.4, -0.2) is 33.0 Å². The summed E-state index contributed by atoms with van der Waals surface area (Å²) in [6.07, 6.45) is 1.64. The summed E-state index contributed by atoms with van der Waals surface area (Å²) in [5.74, 6) is -0.152. The van der Waals surface area contributed by atoms with Gasteiger partial charge in [0.15, 0.2) is 5.13 Å². The number of aryl methyl sites for hydroxylation is 2. The molecule has 22 heavy (non-hydrogen) atoms. The molecule has 0 aliphatic rings. The molecule has 0 aliphatic carbocycles. The van der Waals surface area contributed by atoms with Crippen molar-refractivity contribution in [3.63, 3.8) is 0 Å². The summed E-state index contributed by atoms with van der Waals surface area (Å²) in [7, 11) is 0. The molecule has 2 aromatic rings. The molecule has 8 heteroatoms. The predicted octanol–water partition coefficient (Wildman–Crippen LogP) is 0.933. The summed E-state index contributed by atoms with van der Waals surface area (Å²) in [5.41, 5.74) is 1.31. The van der Waals surface area contributed by atoms with Gasteiger partial charge in [-0.15, -0.1) is 11.3 Å². The normalized spacial score (nSPS) is 12.1. The van der Waals surface area contributed by atoms with Gasteiger partial charge in [0.05, 0.1) is 6.04 Å². The van der Waals surface area contributed by atoms with Gasteiger partial charge in [-0.2, -0.15) is 4.98 Å². The molecule has 0 aromatic carbocycles. The Balaban J connectivity index is 1.86. The molecule has 0 aliphatic heterocycles. The van der Waals surface area contributed by atoms with E-state index in [0.29, 0.717) is 23.9 Å². The van der Waals surface area contributed by atoms with Gasteiger partial charge in [0, 0.05) is 36.1 Å². The molecule has 2 rings (SSSR count). The van der Waals surface area contributed by atoms with Crippen LogP contribution in [0, 0.1) is 13.8 Å². The SMILES string of the molecule is Cc1cc(C)n(CCN[C@@H](C)C(=O)Nc2nccs2)c(=O)n1. The molecule has 0 bridgehead atoms. The van der Waals surface area contributed by atoms with Gasteiger partial charge in [0.2, 0.25) is 5.91 Å². The van der Waals surface area contributed by atoms with Crippen molar-refractivity contribution in [2.75, 3.05) is 11.9 Å². The van der Waals surface area contributed by atoms with Crippen LogP contribution < -0.4 is 16.3 Å². The number of hydrogen-bond donors (Lipinski definition) is 2. The van der Waals surface area contributed by atoms with E-state index in [1.165, 1.54) is 11.3 Å². The van der Waals surface area contributed by atoms with Crippen molar-refractivity contribution >= 4 is 22.4 Å². The van der Waals surface area contributed by atoms with Crippen LogP contribution in [0.5, 0.6) is 0 Å². The van der Waals surface area contributed by atoms with E-state index in [4.69, 9.17) is 0 Å². The molecule has 2 N–H and O–H groups in total. The summed E-state index contributed by atoms with van der Waals surface area (Å²) in [4.78, 5) is 31.7. The lowest BCUT2D eigenvalue weighted by molar-refractivity contribution is -0.117. The van der Waals surface area contributed by atoms with Gasteiger partial charge in [-0.05, 0) is 26.8 Å². The highest BCUT2D eigenvalue weighted by Gasteiger charge is 2.13. The lowest BCUT2D eigenvalue weighted by Gasteiger charge is -2.14. The van der Waals surface area contributed by atoms with Gasteiger partial charge < -0.3 is 10.6 Å². The lowest BCUT2D eigenvalue weighted by atomic mass is 10.3. The maximum Gasteiger partial charge on any atom is 0.347 e. The van der Waals surface area contributed by atoms with E-state index in [2.05, 4.69) is 20.6 Å². The second-order valence-corrected chi connectivity index (χ2v) is 5.87. The second kappa shape index (κ2) is 7.28. The zero-order chi connectivity index (χ0) is 16.1. The number of carbonyl (C=O) groups is 1. The van der Waals surface area contributed by atoms with Gasteiger partial charge in [0.1, 0.15) is 0 Å². The molecular formula is C14H19N5O2S. The fourth-order valence-corrected chi connectivity index (χ4v) is 2.56. The largest absolute Gasteiger partial charge is 0.347 e. The molecule has 1 amide bonds. The molecule has 2 aromatic heterocycles. The van der Waals surface area contributed by atoms with Crippen molar-refractivity contribution in [2.24, 2.45) is 0 Å². The number of nitrogens with one attached hydrogen (secondary N) is 2. The fraction of sp³-hybridized carbons (Fsp3) is 0.429. The molecule has 0 fully saturated rings. The minimum Gasteiger partial charge on any atom is -0.304 e. The van der Waals surface area contributed by atoms with Gasteiger partial charge in [-0.3, -0.25) is 9.36 Å². The van der Waals surface area contributed by atoms with Crippen molar-refractivity contribution in [3.05, 3.63) is 39.5 Å². The van der Waals surface area contributed by atoms with Crippen molar-refractivity contribution in [3.8, 4) is 0 Å². The molecule has 0 saturated carbocycles. The molecule has 0 saturated heterocycles. The highest BCUT2D eigenvalue weighted by Crippen LogP contribution is 2.10. The number of anilines is 1. The summed E-state index contributed by atoms with van der Waals surface area (Å²) in [6.45, 7) is 6.40. The van der Waals surface area contributed by atoms with Crippen molar-refractivity contribution in [2.45, 2.75) is 33.4 Å². The number of nitrogens with zero attached hydrogens (tertiary/aromatic N) is 3. The molecule has 2 heterocycles. The standard InChI is InChI=1S/C14H19N5O2S/c1-9-8-10(2)19(14(21)17-9)6-4-15-11(3)12(20)18-13-16-5-7-22-13/h5,7-8,11,15H,4,6H2,1-3H3,(H,16,18,20)/t11-/m0/s1. The molecule has 0 radical (unpaired) electrons. The Morgan fingerprint density at radius 3 is 2.86 bits per heavy atom. The monoisotopic (exact) mass is 321 g/mol. The van der Waals surface area contributed by atoms with Gasteiger partial charge in [-0.1, -0.05) is 0 Å². The van der Waals surface area contributed by atoms with Gasteiger partial charge in [-0.25, -0.2) is 9.78 Å². The van der Waals surface area contributed by atoms with Crippen molar-refractivity contribution in [1.82, 2.24) is 19.9 Å². The number of thiazole rings is 1. The van der Waals surface area contributed by atoms with Crippen LogP contribution >= 0.6 is 11.3 Å². The van der Waals surface area contributed by atoms with E-state index in [1.807, 2.05) is 13.0 Å². The zero-order valence-electron chi connectivity index (χ0n) is 12.8. The number of aromatic nitrogens is 3. The van der Waals surface area contributed by atoms with Crippen molar-refractivity contribution in [1.29, 1.82) is 0 Å². The third kappa shape index (κ3) is 4.22. The van der Waals surface area contributed by atoms with E-state index in [0.717, 1.165) is 5.69 Å². The minimum absolute atomic E-state index is 0.152. The third-order valence-electron chi connectivity index (χ3n) is 3.19. The average Bonchev–Trinajstić information content (AvgIpc) is 2.94. The van der Waals surface area contributed by atoms with E-state index < -0.39 is 0 Å². The summed E-state index contributed by atoms with van der Waals surface area (Å²) in [5, 5.41) is 8.19. The van der Waals surface area contributed by atoms with Crippen LogP contribution in [-0.2, 0) is 11.3 Å². The zero-order valence-corrected chi connectivity index (χ0v) is 13.6. The first-order valence-corrected chi connectivity index (χ1v) is 7.84. The second-order valence-electron chi connectivity index (χ2n) is 4.98. The Morgan fingerprint density at radius 1 is 1.45 bits per heavy atom. The first-order valence-electron chi connectivity index (χ1n) is 6.96. The quantitative estimate of drug-likeness (QED) is 0.826. The van der Waals surface area contributed by atoms with Crippen LogP contribution in [0.1, 0.15) is 18.3 Å². The summed E-state index contributed by atoms with van der Waals surface area (Å²) < 4.78 is 1.59. The Morgan fingerprint density at radius 2 is 2.23 bits per heavy atom. The number of rotatable bonds is 6. The first-order chi connectivity index (χ1) is 10.5. The molecular weight excluding hydrogens is 302 g/mol. The van der Waals surface area contributed by atoms with Crippen LogP contribution in [0.2, 0.25) is 0 Å². The molecule has 1 atom stereocenters. The van der Waals surface area contributed by atoms with E-state index in [9.17, 15) is 9.59 Å². The average molecular weight is 321 g/mol. The lowest BCUT2D eigenvalue weighted by Crippen LogP contribution is -2.40. The van der Waals surface area contributed by atoms with E-state index in [-0.39, 0.29) is 17.6 Å². The minimum atomic E-state index is -0.377. The maximum atomic E-state index is 11.9. The Labute approximate surface area is 132 Å². The summed E-state index contributed by atoms with van der Waals surface area (Å²) in [6, 6.07) is 1.48. The van der Waals surface area contributed by atoms with Crippen LogP contribution in [0.4, 0.5) is 5.13 Å². The van der Waals surface area contributed by atoms with E-state index in [1.54, 1.807) is 30.0 Å². The number of hydrogen-bond acceptors (Lipinski definition) is 6. The Bertz CT molecular complexity index is 696. The highest BCUT2D eigenvalue weighted by atomic mass is 32.1. The number of amides is 1. The van der Waals surface area contributed by atoms with Gasteiger partial charge >= 0.3 is 5.69 Å². The topological polar surface area (TPSA) is 88.9 Å². The maximum absolute atomic E-state index is 11.9. The molecule has 0 unspecified atom stereocenters. The third-order valence-corrected chi connectivity index (χ3v) is 3.88. The molecule has 7 nitrogen and oxygen atoms in total. The van der Waals surface area contributed by atoms with Crippen LogP contribution in [0.15, 0.2) is 22.4 Å². The molecule has 118 valence electrons. The Kier molecular flexibility index (Phi) is 5.40. The summed E-state index contributed by atoms with van der Waals surface area (Å²) >= 11 is 1.37. The molecule has 0 spiro atoms. The first kappa shape index (κ1) is 16.3. The smallest absolute Gasteiger partial charge is 0.304 e. The van der Waals surface area contributed by atoms with Crippen molar-refractivity contribution < 1.29 is 4.79 Å². The fourth-order valence-electron chi connectivity index (χ4n) is 2.03. The van der Waals surface area contributed by atoms with E-state index >= 15 is 0 Å². The Hall–Kier alpha value is -2.06.